The molecule has 258 valence electrons. The Morgan fingerprint density at radius 1 is 0.733 bits per heavy atom. The number of carboxylic acid groups (broad SMARTS) is 2. The van der Waals surface area contributed by atoms with Crippen LogP contribution >= 0.6 is 0 Å². The summed E-state index contributed by atoms with van der Waals surface area (Å²) in [7, 11) is 0. The van der Waals surface area contributed by atoms with Crippen LogP contribution in [0.1, 0.15) is 20.8 Å². The number of aliphatic carboxylic acids is 2. The van der Waals surface area contributed by atoms with E-state index in [1.165, 1.54) is 0 Å². The van der Waals surface area contributed by atoms with Crippen LogP contribution in [-0.2, 0) is 42.9 Å². The number of amides is 3. The Bertz CT molecular complexity index is 1060. The van der Waals surface area contributed by atoms with Crippen molar-refractivity contribution in [3.8, 4) is 0 Å². The van der Waals surface area contributed by atoms with Crippen molar-refractivity contribution < 1.29 is 88.9 Å². The van der Waals surface area contributed by atoms with Crippen LogP contribution in [0.3, 0.4) is 0 Å². The largest absolute Gasteiger partial charge is 0.479 e. The van der Waals surface area contributed by atoms with Crippen LogP contribution in [0, 0.1) is 0 Å². The molecule has 2 saturated heterocycles. The second-order valence-electron chi connectivity index (χ2n) is 10.4. The molecule has 0 aromatic carbocycles. The van der Waals surface area contributed by atoms with Crippen LogP contribution in [0.4, 0.5) is 0 Å². The molecule has 3 amide bonds. The Morgan fingerprint density at radius 3 is 1.69 bits per heavy atom. The molecule has 21 nitrogen and oxygen atoms in total. The summed E-state index contributed by atoms with van der Waals surface area (Å²) in [5, 5.41) is 97.9. The topological polar surface area (TPSA) is 340 Å². The molecule has 0 saturated carbocycles. The standard InChI is InChI=1S/C24H39N3O18/c1-6(30)25-9(4-28)17(13(34)10(33)5-29)42-24-12(27-8(3)32)15(36)18(20(45-24)22(40)41)43-23-11(26-7(2)31)14(35)16(37)19(44-23)21(38)39/h9-20,23-24,28-29,33-37H,4-5H2,1-3H3,(H,25,30)(H,26,31)(H,27,32)(H,38,39)(H,40,41)/t9-,10+,11+,12+,13+,14+,15+,16+,17+,18+,19-,20-,23-,24-/m0/s1. The van der Waals surface area contributed by atoms with Crippen LogP contribution < -0.4 is 16.0 Å². The number of rotatable bonds is 14. The van der Waals surface area contributed by atoms with E-state index in [2.05, 4.69) is 16.0 Å². The number of carbonyl (C=O) groups is 5. The Labute approximate surface area is 254 Å². The highest BCUT2D eigenvalue weighted by molar-refractivity contribution is 5.76. The Morgan fingerprint density at radius 2 is 1.24 bits per heavy atom. The number of hydrogen-bond donors (Lipinski definition) is 12. The summed E-state index contributed by atoms with van der Waals surface area (Å²) in [6.07, 6.45) is -22.8. The minimum Gasteiger partial charge on any atom is -0.479 e. The number of aliphatic hydroxyl groups is 7. The molecular formula is C24H39N3O18. The fourth-order valence-corrected chi connectivity index (χ4v) is 4.82. The Hall–Kier alpha value is -3.09. The van der Waals surface area contributed by atoms with Crippen LogP contribution in [-0.4, -0.2) is 174 Å². The minimum absolute atomic E-state index is 0.749. The molecule has 2 aliphatic heterocycles. The highest BCUT2D eigenvalue weighted by Gasteiger charge is 2.55. The quantitative estimate of drug-likeness (QED) is 0.0825. The van der Waals surface area contributed by atoms with Crippen molar-refractivity contribution in [2.24, 2.45) is 0 Å². The molecule has 0 unspecified atom stereocenters. The van der Waals surface area contributed by atoms with E-state index in [1.54, 1.807) is 0 Å². The summed E-state index contributed by atoms with van der Waals surface area (Å²) in [5.41, 5.74) is 0. The van der Waals surface area contributed by atoms with Crippen LogP contribution in [0.5, 0.6) is 0 Å². The van der Waals surface area contributed by atoms with Crippen LogP contribution in [0.2, 0.25) is 0 Å². The molecule has 12 N–H and O–H groups in total. The molecule has 2 aliphatic rings. The zero-order valence-corrected chi connectivity index (χ0v) is 24.2. The van der Waals surface area contributed by atoms with Gasteiger partial charge < -0.3 is 80.9 Å². The first-order chi connectivity index (χ1) is 20.9. The Kier molecular flexibility index (Phi) is 13.9. The summed E-state index contributed by atoms with van der Waals surface area (Å²) in [5.74, 6) is -6.04. The van der Waals surface area contributed by atoms with Gasteiger partial charge in [-0.25, -0.2) is 9.59 Å². The van der Waals surface area contributed by atoms with Crippen molar-refractivity contribution in [2.45, 2.75) is 106 Å². The van der Waals surface area contributed by atoms with Crippen molar-refractivity contribution in [3.63, 3.8) is 0 Å². The third kappa shape index (κ3) is 9.46. The van der Waals surface area contributed by atoms with Gasteiger partial charge in [0.05, 0.1) is 19.3 Å². The fraction of sp³-hybridized carbons (Fsp3) is 0.792. The lowest BCUT2D eigenvalue weighted by atomic mass is 9.94. The number of carbonyl (C=O) groups excluding carboxylic acids is 3. The first kappa shape index (κ1) is 38.1. The number of ether oxygens (including phenoxy) is 4. The molecule has 2 heterocycles. The van der Waals surface area contributed by atoms with Gasteiger partial charge in [-0.3, -0.25) is 14.4 Å². The van der Waals surface area contributed by atoms with Crippen molar-refractivity contribution in [1.82, 2.24) is 16.0 Å². The minimum atomic E-state index is -2.27. The van der Waals surface area contributed by atoms with E-state index < -0.39 is 129 Å². The third-order valence-electron chi connectivity index (χ3n) is 6.89. The van der Waals surface area contributed by atoms with Gasteiger partial charge in [0.1, 0.15) is 54.8 Å². The molecule has 14 atom stereocenters. The summed E-state index contributed by atoms with van der Waals surface area (Å²) in [6.45, 7) is 1.03. The lowest BCUT2D eigenvalue weighted by Gasteiger charge is -2.48. The summed E-state index contributed by atoms with van der Waals surface area (Å²) in [4.78, 5) is 59.5. The molecule has 21 heteroatoms. The first-order valence-corrected chi connectivity index (χ1v) is 13.5. The predicted octanol–water partition coefficient (Wildman–Crippen LogP) is -7.32. The van der Waals surface area contributed by atoms with Crippen LogP contribution in [0.25, 0.3) is 0 Å². The zero-order valence-electron chi connectivity index (χ0n) is 24.2. The van der Waals surface area contributed by atoms with Crippen molar-refractivity contribution in [3.05, 3.63) is 0 Å². The van der Waals surface area contributed by atoms with E-state index in [4.69, 9.17) is 18.9 Å². The van der Waals surface area contributed by atoms with Gasteiger partial charge in [-0.05, 0) is 0 Å². The van der Waals surface area contributed by atoms with E-state index in [0.29, 0.717) is 0 Å². The van der Waals surface area contributed by atoms with Crippen molar-refractivity contribution >= 4 is 29.7 Å². The first-order valence-electron chi connectivity index (χ1n) is 13.5. The lowest BCUT2D eigenvalue weighted by Crippen LogP contribution is -2.70. The monoisotopic (exact) mass is 657 g/mol. The van der Waals surface area contributed by atoms with Crippen LogP contribution in [0.15, 0.2) is 0 Å². The van der Waals surface area contributed by atoms with Gasteiger partial charge in [-0.2, -0.15) is 0 Å². The molecule has 0 spiro atoms. The lowest BCUT2D eigenvalue weighted by molar-refractivity contribution is -0.331. The van der Waals surface area contributed by atoms with Gasteiger partial charge in [0, 0.05) is 20.8 Å². The fourth-order valence-electron chi connectivity index (χ4n) is 4.82. The number of hydrogen-bond acceptors (Lipinski definition) is 16. The molecule has 0 bridgehead atoms. The van der Waals surface area contributed by atoms with E-state index in [1.807, 2.05) is 0 Å². The van der Waals surface area contributed by atoms with Gasteiger partial charge >= 0.3 is 11.9 Å². The maximum Gasteiger partial charge on any atom is 0.335 e. The molecule has 2 fully saturated rings. The Balaban J connectivity index is 2.54. The zero-order chi connectivity index (χ0) is 34.3. The van der Waals surface area contributed by atoms with E-state index >= 15 is 0 Å². The van der Waals surface area contributed by atoms with E-state index in [-0.39, 0.29) is 0 Å². The number of carboxylic acids is 2. The molecule has 0 aromatic rings. The van der Waals surface area contributed by atoms with Gasteiger partial charge in [0.25, 0.3) is 0 Å². The van der Waals surface area contributed by atoms with E-state index in [9.17, 15) is 69.9 Å². The molecular weight excluding hydrogens is 618 g/mol. The second kappa shape index (κ2) is 16.5. The second-order valence-corrected chi connectivity index (χ2v) is 10.4. The van der Waals surface area contributed by atoms with Gasteiger partial charge in [-0.15, -0.1) is 0 Å². The molecule has 0 aromatic heterocycles. The predicted molar refractivity (Wildman–Crippen MR) is 139 cm³/mol. The summed E-state index contributed by atoms with van der Waals surface area (Å²) < 4.78 is 21.9. The van der Waals surface area contributed by atoms with Gasteiger partial charge in [0.2, 0.25) is 17.7 Å². The summed E-state index contributed by atoms with van der Waals surface area (Å²) in [6, 6.07) is -5.04. The summed E-state index contributed by atoms with van der Waals surface area (Å²) >= 11 is 0. The van der Waals surface area contributed by atoms with E-state index in [0.717, 1.165) is 20.8 Å². The maximum atomic E-state index is 12.3. The van der Waals surface area contributed by atoms with Crippen molar-refractivity contribution in [2.75, 3.05) is 13.2 Å². The average Bonchev–Trinajstić information content (AvgIpc) is 2.95. The number of nitrogens with one attached hydrogen (secondary N) is 3. The normalized spacial score (nSPS) is 34.4. The molecule has 2 rings (SSSR count). The van der Waals surface area contributed by atoms with Gasteiger partial charge in [-0.1, -0.05) is 0 Å². The third-order valence-corrected chi connectivity index (χ3v) is 6.89. The molecule has 0 aliphatic carbocycles. The highest BCUT2D eigenvalue weighted by Crippen LogP contribution is 2.31. The smallest absolute Gasteiger partial charge is 0.335 e. The SMILES string of the molecule is CC(=O)N[C@H]1[C@@H](O[C@@H]([C@H](O)[C@H](O)CO)[C@H](CO)NC(C)=O)O[C@H](C(=O)O)[C@H](O[C@H]2O[C@H](C(=O)O)[C@H](O)[C@H](O)[C@H]2NC(C)=O)[C@@H]1O. The average molecular weight is 658 g/mol. The van der Waals surface area contributed by atoms with Crippen molar-refractivity contribution in [1.29, 1.82) is 0 Å². The van der Waals surface area contributed by atoms with Gasteiger partial charge in [0.15, 0.2) is 24.8 Å². The molecule has 45 heavy (non-hydrogen) atoms. The molecule has 0 radical (unpaired) electrons. The highest BCUT2D eigenvalue weighted by atomic mass is 16.7. The number of aliphatic hydroxyl groups excluding tert-OH is 7. The maximum absolute atomic E-state index is 12.3.